The summed E-state index contributed by atoms with van der Waals surface area (Å²) in [5.41, 5.74) is 2.02. The number of amides is 3. The van der Waals surface area contributed by atoms with E-state index in [1.54, 1.807) is 7.05 Å². The molecule has 4 fully saturated rings. The van der Waals surface area contributed by atoms with Crippen LogP contribution in [0.15, 0.2) is 42.5 Å². The highest BCUT2D eigenvalue weighted by Crippen LogP contribution is 2.67. The number of nitrogens with zero attached hydrogens (tertiary/aromatic N) is 5. The highest BCUT2D eigenvalue weighted by Gasteiger charge is 2.69. The molecule has 3 amide bonds. The Balaban J connectivity index is 1.29. The number of likely N-dealkylation sites (N-methyl/N-ethyl adjacent to an activating group) is 2. The van der Waals surface area contributed by atoms with Gasteiger partial charge in [0.15, 0.2) is 0 Å². The number of alkyl halides is 3. The number of carbonyl (C=O) groups excluding carboxylic acids is 3. The van der Waals surface area contributed by atoms with Crippen LogP contribution in [0.25, 0.3) is 0 Å². The first kappa shape index (κ1) is 31.1. The summed E-state index contributed by atoms with van der Waals surface area (Å²) in [5.74, 6) is -1.54. The van der Waals surface area contributed by atoms with Crippen molar-refractivity contribution < 1.29 is 27.6 Å². The summed E-state index contributed by atoms with van der Waals surface area (Å²) in [5, 5.41) is 3.20. The molecule has 3 aliphatic carbocycles. The van der Waals surface area contributed by atoms with Crippen LogP contribution in [-0.2, 0) is 20.6 Å². The van der Waals surface area contributed by atoms with Crippen molar-refractivity contribution in [1.29, 1.82) is 0 Å². The van der Waals surface area contributed by atoms with Crippen molar-refractivity contribution in [2.24, 2.45) is 11.3 Å². The third-order valence-corrected chi connectivity index (χ3v) is 9.75. The lowest BCUT2D eigenvalue weighted by molar-refractivity contribution is -0.158. The number of carbonyl (C=O) groups is 3. The number of hydrogen-bond donors (Lipinski definition) is 1. The first-order valence-corrected chi connectivity index (χ1v) is 15.2. The summed E-state index contributed by atoms with van der Waals surface area (Å²) < 4.78 is 41.2. The van der Waals surface area contributed by atoms with Gasteiger partial charge in [0.1, 0.15) is 11.9 Å². The number of fused-ring (bicyclic) bond motifs is 2. The Kier molecular flexibility index (Phi) is 7.30. The molecule has 9 nitrogen and oxygen atoms in total. The molecule has 3 saturated carbocycles. The van der Waals surface area contributed by atoms with Crippen molar-refractivity contribution >= 4 is 34.9 Å². The zero-order valence-corrected chi connectivity index (χ0v) is 26.3. The van der Waals surface area contributed by atoms with Crippen LogP contribution in [0.1, 0.15) is 42.5 Å². The van der Waals surface area contributed by atoms with Crippen molar-refractivity contribution in [2.75, 3.05) is 55.5 Å². The standard InChI is InChI=1S/C33H39F3N6O3/c1-19-8-7-9-24-27(19)41(18-31-15-32(16-31,17-31)38-29(44)20(2)13-39(4)5)14-22-11-26(43)42(28(22)30(45)40(24)6)25-12-23(33(34,35)36)10-21(3)37-25/h7-10,12,22,28H,2,11,13-18H2,1,3-6H3,(H,38,44)/t22-,28+,31?,32?/m1/s1. The molecule has 0 radical (unpaired) electrons. The molecule has 12 heteroatoms. The van der Waals surface area contributed by atoms with Gasteiger partial charge in [-0.2, -0.15) is 13.2 Å². The molecule has 0 unspecified atom stereocenters. The smallest absolute Gasteiger partial charge is 0.369 e. The van der Waals surface area contributed by atoms with Gasteiger partial charge in [-0.25, -0.2) is 4.98 Å². The second-order valence-corrected chi connectivity index (χ2v) is 13.9. The Morgan fingerprint density at radius 2 is 1.84 bits per heavy atom. The maximum absolute atomic E-state index is 14.1. The fraction of sp³-hybridized carbons (Fsp3) is 0.515. The molecule has 45 heavy (non-hydrogen) atoms. The van der Waals surface area contributed by atoms with Crippen LogP contribution in [0.3, 0.4) is 0 Å². The van der Waals surface area contributed by atoms with E-state index in [1.807, 2.05) is 44.1 Å². The number of para-hydroxylation sites is 1. The molecule has 2 aromatic rings. The van der Waals surface area contributed by atoms with Crippen molar-refractivity contribution in [2.45, 2.75) is 57.3 Å². The van der Waals surface area contributed by atoms with Gasteiger partial charge < -0.3 is 20.0 Å². The Morgan fingerprint density at radius 3 is 2.49 bits per heavy atom. The van der Waals surface area contributed by atoms with Crippen molar-refractivity contribution in [3.05, 3.63) is 59.3 Å². The lowest BCUT2D eigenvalue weighted by Gasteiger charge is -2.71. The van der Waals surface area contributed by atoms with Crippen LogP contribution < -0.4 is 20.0 Å². The van der Waals surface area contributed by atoms with E-state index in [1.165, 1.54) is 16.7 Å². The summed E-state index contributed by atoms with van der Waals surface area (Å²) in [6, 6.07) is 6.52. The van der Waals surface area contributed by atoms with E-state index in [2.05, 4.69) is 21.8 Å². The highest BCUT2D eigenvalue weighted by molar-refractivity contribution is 6.10. The molecule has 3 heterocycles. The average Bonchev–Trinajstić information content (AvgIpc) is 3.22. The topological polar surface area (TPSA) is 89.1 Å². The van der Waals surface area contributed by atoms with Gasteiger partial charge in [0.2, 0.25) is 17.7 Å². The van der Waals surface area contributed by atoms with Crippen LogP contribution in [-0.4, -0.2) is 80.0 Å². The normalized spacial score (nSPS) is 27.4. The van der Waals surface area contributed by atoms with Gasteiger partial charge in [0.05, 0.1) is 16.9 Å². The lowest BCUT2D eigenvalue weighted by Crippen LogP contribution is -2.77. The van der Waals surface area contributed by atoms with Gasteiger partial charge in [0.25, 0.3) is 0 Å². The Labute approximate surface area is 261 Å². The van der Waals surface area contributed by atoms with Crippen molar-refractivity contribution in [3.63, 3.8) is 0 Å². The fourth-order valence-corrected chi connectivity index (χ4v) is 8.13. The number of aromatic nitrogens is 1. The van der Waals surface area contributed by atoms with Crippen LogP contribution in [0.4, 0.5) is 30.4 Å². The highest BCUT2D eigenvalue weighted by atomic mass is 19.4. The molecular weight excluding hydrogens is 585 g/mol. The van der Waals surface area contributed by atoms with E-state index < -0.39 is 29.6 Å². The summed E-state index contributed by atoms with van der Waals surface area (Å²) >= 11 is 0. The lowest BCUT2D eigenvalue weighted by atomic mass is 9.39. The number of aryl methyl sites for hydroxylation is 2. The molecule has 5 aliphatic rings. The maximum Gasteiger partial charge on any atom is 0.416 e. The van der Waals surface area contributed by atoms with E-state index in [0.29, 0.717) is 30.9 Å². The minimum absolute atomic E-state index is 0.0138. The number of hydrogen-bond acceptors (Lipinski definition) is 6. The van der Waals surface area contributed by atoms with E-state index in [4.69, 9.17) is 0 Å². The van der Waals surface area contributed by atoms with E-state index in [-0.39, 0.29) is 40.7 Å². The fourth-order valence-electron chi connectivity index (χ4n) is 8.13. The Hall–Kier alpha value is -3.93. The molecule has 2 aliphatic heterocycles. The molecule has 1 aromatic heterocycles. The molecule has 240 valence electrons. The maximum atomic E-state index is 14.1. The second-order valence-electron chi connectivity index (χ2n) is 13.9. The molecule has 7 rings (SSSR count). The van der Waals surface area contributed by atoms with Crippen molar-refractivity contribution in [1.82, 2.24) is 15.2 Å². The van der Waals surface area contributed by atoms with E-state index in [0.717, 1.165) is 42.6 Å². The number of benzene rings is 1. The average molecular weight is 625 g/mol. The summed E-state index contributed by atoms with van der Waals surface area (Å²) in [6.45, 7) is 8.90. The van der Waals surface area contributed by atoms with Crippen LogP contribution >= 0.6 is 0 Å². The molecule has 2 bridgehead atoms. The summed E-state index contributed by atoms with van der Waals surface area (Å²) in [7, 11) is 5.43. The molecular formula is C33H39F3N6O3. The van der Waals surface area contributed by atoms with Gasteiger partial charge in [-0.3, -0.25) is 19.3 Å². The number of pyridine rings is 1. The third-order valence-electron chi connectivity index (χ3n) is 9.75. The third kappa shape index (κ3) is 5.36. The molecule has 1 N–H and O–H groups in total. The monoisotopic (exact) mass is 624 g/mol. The quantitative estimate of drug-likeness (QED) is 0.468. The SMILES string of the molecule is C=C(CN(C)C)C(=O)NC12CC(CN3C[C@H]4CC(=O)N(c5cc(C(F)(F)F)cc(C)n5)[C@@H]4C(=O)N(C)c4cccc(C)c43)(C1)C2. The predicted octanol–water partition coefficient (Wildman–Crippen LogP) is 4.08. The number of nitrogens with one attached hydrogen (secondary N) is 1. The molecule has 0 spiro atoms. The number of rotatable bonds is 7. The summed E-state index contributed by atoms with van der Waals surface area (Å²) in [6.07, 6.45) is -2.15. The van der Waals surface area contributed by atoms with Crippen LogP contribution in [0.5, 0.6) is 0 Å². The number of halogens is 3. The van der Waals surface area contributed by atoms with Gasteiger partial charge in [-0.15, -0.1) is 0 Å². The van der Waals surface area contributed by atoms with E-state index in [9.17, 15) is 27.6 Å². The zero-order chi connectivity index (χ0) is 32.6. The van der Waals surface area contributed by atoms with Crippen LogP contribution in [0, 0.1) is 25.2 Å². The second kappa shape index (κ2) is 10.6. The Morgan fingerprint density at radius 1 is 1.16 bits per heavy atom. The van der Waals surface area contributed by atoms with Gasteiger partial charge in [-0.05, 0) is 76.4 Å². The minimum atomic E-state index is -4.63. The first-order valence-electron chi connectivity index (χ1n) is 15.2. The largest absolute Gasteiger partial charge is 0.416 e. The Bertz CT molecular complexity index is 1580. The predicted molar refractivity (Wildman–Crippen MR) is 165 cm³/mol. The number of anilines is 3. The van der Waals surface area contributed by atoms with Crippen molar-refractivity contribution in [3.8, 4) is 0 Å². The molecule has 2 atom stereocenters. The first-order chi connectivity index (χ1) is 21.0. The van der Waals surface area contributed by atoms with Gasteiger partial charge in [0, 0.05) is 55.8 Å². The van der Waals surface area contributed by atoms with Gasteiger partial charge >= 0.3 is 6.18 Å². The van der Waals surface area contributed by atoms with E-state index >= 15 is 0 Å². The molecule has 1 saturated heterocycles. The van der Waals surface area contributed by atoms with Gasteiger partial charge in [-0.1, -0.05) is 18.7 Å². The molecule has 1 aromatic carbocycles. The summed E-state index contributed by atoms with van der Waals surface area (Å²) in [4.78, 5) is 51.5. The minimum Gasteiger partial charge on any atom is -0.369 e. The zero-order valence-electron chi connectivity index (χ0n) is 26.3. The van der Waals surface area contributed by atoms with Crippen LogP contribution in [0.2, 0.25) is 0 Å².